The maximum absolute atomic E-state index is 13.2. The number of hydrogen-bond acceptors (Lipinski definition) is 3. The van der Waals surface area contributed by atoms with E-state index in [4.69, 9.17) is 11.6 Å². The van der Waals surface area contributed by atoms with Crippen LogP contribution >= 0.6 is 11.6 Å². The van der Waals surface area contributed by atoms with Crippen molar-refractivity contribution in [2.24, 2.45) is 23.7 Å². The first-order valence-electron chi connectivity index (χ1n) is 10.9. The molecule has 5 nitrogen and oxygen atoms in total. The van der Waals surface area contributed by atoms with Gasteiger partial charge in [0, 0.05) is 13.1 Å². The number of halogens is 1. The highest BCUT2D eigenvalue weighted by atomic mass is 35.5. The average molecular weight is 415 g/mol. The molecule has 1 aromatic rings. The van der Waals surface area contributed by atoms with Gasteiger partial charge in [-0.25, -0.2) is 0 Å². The van der Waals surface area contributed by atoms with Gasteiger partial charge in [-0.1, -0.05) is 30.9 Å². The molecule has 1 aliphatic heterocycles. The fourth-order valence-corrected chi connectivity index (χ4v) is 6.50. The van der Waals surface area contributed by atoms with E-state index in [0.717, 1.165) is 44.9 Å². The first kappa shape index (κ1) is 19.1. The number of amides is 3. The molecule has 0 spiro atoms. The molecule has 3 amide bonds. The zero-order valence-corrected chi connectivity index (χ0v) is 17.5. The molecule has 2 bridgehead atoms. The van der Waals surface area contributed by atoms with Crippen LogP contribution in [0.25, 0.3) is 0 Å². The lowest BCUT2D eigenvalue weighted by molar-refractivity contribution is -0.123. The fraction of sp³-hybridized carbons (Fsp3) is 0.609. The van der Waals surface area contributed by atoms with Crippen molar-refractivity contribution in [3.8, 4) is 0 Å². The Morgan fingerprint density at radius 3 is 2.24 bits per heavy atom. The lowest BCUT2D eigenvalue weighted by Crippen LogP contribution is -2.38. The summed E-state index contributed by atoms with van der Waals surface area (Å²) in [6, 6.07) is 5.20. The minimum Gasteiger partial charge on any atom is -0.339 e. The smallest absolute Gasteiger partial charge is 0.255 e. The maximum atomic E-state index is 13.2. The Morgan fingerprint density at radius 2 is 1.62 bits per heavy atom. The van der Waals surface area contributed by atoms with E-state index in [1.54, 1.807) is 23.1 Å². The van der Waals surface area contributed by atoms with Gasteiger partial charge in [-0.2, -0.15) is 0 Å². The molecule has 4 atom stereocenters. The van der Waals surface area contributed by atoms with Crippen LogP contribution in [0.5, 0.6) is 0 Å². The van der Waals surface area contributed by atoms with Crippen molar-refractivity contribution in [3.63, 3.8) is 0 Å². The van der Waals surface area contributed by atoms with Crippen molar-refractivity contribution in [2.45, 2.75) is 57.4 Å². The van der Waals surface area contributed by atoms with E-state index >= 15 is 0 Å². The van der Waals surface area contributed by atoms with Gasteiger partial charge in [-0.3, -0.25) is 19.3 Å². The predicted molar refractivity (Wildman–Crippen MR) is 111 cm³/mol. The van der Waals surface area contributed by atoms with E-state index in [0.29, 0.717) is 28.1 Å². The van der Waals surface area contributed by atoms with Crippen LogP contribution in [0.4, 0.5) is 5.69 Å². The van der Waals surface area contributed by atoms with Crippen molar-refractivity contribution in [1.82, 2.24) is 4.90 Å². The second kappa shape index (κ2) is 7.12. The molecule has 154 valence electrons. The van der Waals surface area contributed by atoms with Crippen LogP contribution in [0.2, 0.25) is 5.02 Å². The Kier molecular flexibility index (Phi) is 4.69. The highest BCUT2D eigenvalue weighted by Gasteiger charge is 2.61. The molecule has 4 unspecified atom stereocenters. The van der Waals surface area contributed by atoms with Gasteiger partial charge in [0.15, 0.2) is 0 Å². The van der Waals surface area contributed by atoms with Gasteiger partial charge in [-0.05, 0) is 62.1 Å². The predicted octanol–water partition coefficient (Wildman–Crippen LogP) is 4.28. The Hall–Kier alpha value is -1.88. The fourth-order valence-electron chi connectivity index (χ4n) is 6.30. The second-order valence-electron chi connectivity index (χ2n) is 9.27. The molecule has 3 saturated carbocycles. The van der Waals surface area contributed by atoms with Crippen molar-refractivity contribution < 1.29 is 14.4 Å². The van der Waals surface area contributed by atoms with Crippen LogP contribution in [0, 0.1) is 23.7 Å². The van der Waals surface area contributed by atoms with Crippen LogP contribution in [0.15, 0.2) is 18.2 Å². The summed E-state index contributed by atoms with van der Waals surface area (Å²) < 4.78 is 0. The second-order valence-corrected chi connectivity index (χ2v) is 9.68. The number of anilines is 1. The van der Waals surface area contributed by atoms with Crippen molar-refractivity contribution in [1.29, 1.82) is 0 Å². The Bertz CT molecular complexity index is 851. The molecular weight excluding hydrogens is 388 g/mol. The molecule has 5 rings (SSSR count). The van der Waals surface area contributed by atoms with Crippen molar-refractivity contribution in [2.75, 3.05) is 11.9 Å². The summed E-state index contributed by atoms with van der Waals surface area (Å²) in [6.45, 7) is 0. The SMILES string of the molecule is CN(C(=O)c1cc(N2C(=O)C3C4CCC(C4)C3C2=O)ccc1Cl)C1CCCCC1. The number of nitrogens with zero attached hydrogens (tertiary/aromatic N) is 2. The van der Waals surface area contributed by atoms with Gasteiger partial charge in [0.2, 0.25) is 11.8 Å². The summed E-state index contributed by atoms with van der Waals surface area (Å²) in [4.78, 5) is 42.5. The topological polar surface area (TPSA) is 57.7 Å². The molecule has 1 aromatic carbocycles. The number of hydrogen-bond donors (Lipinski definition) is 0. The van der Waals surface area contributed by atoms with E-state index in [1.807, 2.05) is 7.05 Å². The monoisotopic (exact) mass is 414 g/mol. The third kappa shape index (κ3) is 2.92. The van der Waals surface area contributed by atoms with E-state index < -0.39 is 0 Å². The molecule has 29 heavy (non-hydrogen) atoms. The van der Waals surface area contributed by atoms with Crippen LogP contribution in [0.3, 0.4) is 0 Å². The Morgan fingerprint density at radius 1 is 1.00 bits per heavy atom. The van der Waals surface area contributed by atoms with Crippen LogP contribution in [-0.2, 0) is 9.59 Å². The quantitative estimate of drug-likeness (QED) is 0.693. The lowest BCUT2D eigenvalue weighted by atomic mass is 9.81. The standard InChI is InChI=1S/C23H27ClN2O3/c1-25(15-5-3-2-4-6-15)21(27)17-12-16(9-10-18(17)24)26-22(28)19-13-7-8-14(11-13)20(19)23(26)29/h9-10,12-15,19-20H,2-8,11H2,1H3. The molecule has 4 aliphatic rings. The van der Waals surface area contributed by atoms with Gasteiger partial charge < -0.3 is 4.90 Å². The normalized spacial score (nSPS) is 31.4. The summed E-state index contributed by atoms with van der Waals surface area (Å²) >= 11 is 6.37. The van der Waals surface area contributed by atoms with Crippen molar-refractivity contribution in [3.05, 3.63) is 28.8 Å². The number of benzene rings is 1. The third-order valence-electron chi connectivity index (χ3n) is 7.81. The molecular formula is C23H27ClN2O3. The van der Waals surface area contributed by atoms with E-state index in [2.05, 4.69) is 0 Å². The van der Waals surface area contributed by atoms with Crippen molar-refractivity contribution >= 4 is 35.0 Å². The molecule has 0 aromatic heterocycles. The minimum absolute atomic E-state index is 0.0893. The summed E-state index contributed by atoms with van der Waals surface area (Å²) in [5.74, 6) is 0.0433. The third-order valence-corrected chi connectivity index (χ3v) is 8.14. The summed E-state index contributed by atoms with van der Waals surface area (Å²) in [5, 5.41) is 0.362. The van der Waals surface area contributed by atoms with Gasteiger partial charge in [-0.15, -0.1) is 0 Å². The average Bonchev–Trinajstić information content (AvgIpc) is 3.42. The molecule has 3 aliphatic carbocycles. The molecule has 1 saturated heterocycles. The molecule has 1 heterocycles. The molecule has 6 heteroatoms. The summed E-state index contributed by atoms with van der Waals surface area (Å²) in [6.07, 6.45) is 8.62. The number of fused-ring (bicyclic) bond motifs is 5. The van der Waals surface area contributed by atoms with Crippen LogP contribution in [0.1, 0.15) is 61.7 Å². The maximum Gasteiger partial charge on any atom is 0.255 e. The van der Waals surface area contributed by atoms with Gasteiger partial charge >= 0.3 is 0 Å². The number of carbonyl (C=O) groups is 3. The Labute approximate surface area is 176 Å². The first-order valence-corrected chi connectivity index (χ1v) is 11.3. The number of carbonyl (C=O) groups excluding carboxylic acids is 3. The molecule has 0 N–H and O–H groups in total. The van der Waals surface area contributed by atoms with E-state index in [9.17, 15) is 14.4 Å². The van der Waals surface area contributed by atoms with E-state index in [-0.39, 0.29) is 35.6 Å². The zero-order valence-electron chi connectivity index (χ0n) is 16.8. The first-order chi connectivity index (χ1) is 14.0. The zero-order chi connectivity index (χ0) is 20.3. The Balaban J connectivity index is 1.43. The van der Waals surface area contributed by atoms with Crippen LogP contribution < -0.4 is 4.90 Å². The van der Waals surface area contributed by atoms with Gasteiger partial charge in [0.1, 0.15) is 0 Å². The minimum atomic E-state index is -0.166. The number of imide groups is 1. The largest absolute Gasteiger partial charge is 0.339 e. The summed E-state index contributed by atoms with van der Waals surface area (Å²) in [5.41, 5.74) is 0.858. The molecule has 4 fully saturated rings. The number of rotatable bonds is 3. The van der Waals surface area contributed by atoms with Crippen LogP contribution in [-0.4, -0.2) is 35.7 Å². The van der Waals surface area contributed by atoms with Gasteiger partial charge in [0.05, 0.1) is 28.1 Å². The molecule has 0 radical (unpaired) electrons. The summed E-state index contributed by atoms with van der Waals surface area (Å²) in [7, 11) is 1.83. The highest BCUT2D eigenvalue weighted by molar-refractivity contribution is 6.34. The highest BCUT2D eigenvalue weighted by Crippen LogP contribution is 2.56. The lowest BCUT2D eigenvalue weighted by Gasteiger charge is -2.31. The van der Waals surface area contributed by atoms with Gasteiger partial charge in [0.25, 0.3) is 5.91 Å². The van der Waals surface area contributed by atoms with E-state index in [1.165, 1.54) is 11.3 Å².